The van der Waals surface area contributed by atoms with Crippen molar-refractivity contribution in [2.75, 3.05) is 13.1 Å². The average molecular weight is 324 g/mol. The third-order valence-electron chi connectivity index (χ3n) is 5.04. The van der Waals surface area contributed by atoms with E-state index in [9.17, 15) is 9.90 Å². The largest absolute Gasteiger partial charge is 0.390 e. The summed E-state index contributed by atoms with van der Waals surface area (Å²) in [5, 5.41) is 10.4. The summed E-state index contributed by atoms with van der Waals surface area (Å²) in [6.45, 7) is 5.21. The van der Waals surface area contributed by atoms with E-state index < -0.39 is 5.60 Å². The topological polar surface area (TPSA) is 53.4 Å². The van der Waals surface area contributed by atoms with E-state index in [1.807, 2.05) is 49.1 Å². The van der Waals surface area contributed by atoms with Crippen LogP contribution in [0.1, 0.15) is 42.1 Å². The molecule has 1 aromatic heterocycles. The number of aryl methyl sites for hydroxylation is 1. The number of likely N-dealkylation sites (tertiary alicyclic amines) is 1. The lowest BCUT2D eigenvalue weighted by molar-refractivity contribution is -0.0193. The Balaban J connectivity index is 1.89. The van der Waals surface area contributed by atoms with Gasteiger partial charge in [0.2, 0.25) is 0 Å². The number of carbonyl (C=O) groups is 1. The maximum atomic E-state index is 13.1. The predicted octanol–water partition coefficient (Wildman–Crippen LogP) is 3.43. The summed E-state index contributed by atoms with van der Waals surface area (Å²) in [5.74, 6) is 0.0451. The van der Waals surface area contributed by atoms with E-state index in [0.717, 1.165) is 28.7 Å². The van der Waals surface area contributed by atoms with Crippen LogP contribution in [0.5, 0.6) is 0 Å². The first-order valence-electron chi connectivity index (χ1n) is 8.55. The fraction of sp³-hybridized carbons (Fsp3) is 0.400. The van der Waals surface area contributed by atoms with E-state index in [-0.39, 0.29) is 5.91 Å². The molecule has 0 aliphatic carbocycles. The van der Waals surface area contributed by atoms with Gasteiger partial charge in [-0.05, 0) is 55.5 Å². The van der Waals surface area contributed by atoms with Crippen LogP contribution in [-0.4, -0.2) is 39.6 Å². The number of aliphatic hydroxyl groups is 1. The van der Waals surface area contributed by atoms with Crippen LogP contribution >= 0.6 is 0 Å². The van der Waals surface area contributed by atoms with Crippen LogP contribution in [0.4, 0.5) is 0 Å². The van der Waals surface area contributed by atoms with E-state index in [1.165, 1.54) is 0 Å². The summed E-state index contributed by atoms with van der Waals surface area (Å²) in [5.41, 5.74) is 3.11. The van der Waals surface area contributed by atoms with Gasteiger partial charge in [-0.1, -0.05) is 24.6 Å². The molecule has 2 aromatic rings. The number of carbonyl (C=O) groups excluding carboxylic acids is 1. The Hall–Kier alpha value is -2.20. The minimum atomic E-state index is -0.614. The Morgan fingerprint density at radius 2 is 1.88 bits per heavy atom. The molecule has 1 aliphatic heterocycles. The van der Waals surface area contributed by atoms with Crippen molar-refractivity contribution in [3.05, 3.63) is 53.9 Å². The van der Waals surface area contributed by atoms with Crippen LogP contribution in [-0.2, 0) is 0 Å². The summed E-state index contributed by atoms with van der Waals surface area (Å²) in [7, 11) is 0. The lowest BCUT2D eigenvalue weighted by Gasteiger charge is -2.38. The maximum Gasteiger partial charge on any atom is 0.254 e. The van der Waals surface area contributed by atoms with Gasteiger partial charge >= 0.3 is 0 Å². The van der Waals surface area contributed by atoms with Crippen LogP contribution in [0.25, 0.3) is 11.1 Å². The van der Waals surface area contributed by atoms with E-state index >= 15 is 0 Å². The van der Waals surface area contributed by atoms with Crippen molar-refractivity contribution >= 4 is 5.91 Å². The average Bonchev–Trinajstić information content (AvgIpc) is 2.62. The number of benzene rings is 1. The molecule has 24 heavy (non-hydrogen) atoms. The normalized spacial score (nSPS) is 16.9. The minimum absolute atomic E-state index is 0.0451. The summed E-state index contributed by atoms with van der Waals surface area (Å²) in [6, 6.07) is 9.84. The van der Waals surface area contributed by atoms with Crippen LogP contribution in [0.2, 0.25) is 0 Å². The smallest absolute Gasteiger partial charge is 0.254 e. The highest BCUT2D eigenvalue weighted by atomic mass is 16.3. The van der Waals surface area contributed by atoms with Crippen LogP contribution < -0.4 is 0 Å². The molecule has 0 bridgehead atoms. The van der Waals surface area contributed by atoms with Gasteiger partial charge in [0.05, 0.1) is 5.60 Å². The van der Waals surface area contributed by atoms with Crippen molar-refractivity contribution in [3.8, 4) is 11.1 Å². The lowest BCUT2D eigenvalue weighted by Crippen LogP contribution is -2.46. The Morgan fingerprint density at radius 3 is 2.50 bits per heavy atom. The number of nitrogens with zero attached hydrogens (tertiary/aromatic N) is 2. The second-order valence-electron chi connectivity index (χ2n) is 6.66. The van der Waals surface area contributed by atoms with Gasteiger partial charge in [0.25, 0.3) is 5.91 Å². The molecule has 126 valence electrons. The van der Waals surface area contributed by atoms with E-state index in [0.29, 0.717) is 25.9 Å². The van der Waals surface area contributed by atoms with Crippen molar-refractivity contribution in [2.45, 2.75) is 38.7 Å². The van der Waals surface area contributed by atoms with Crippen molar-refractivity contribution in [3.63, 3.8) is 0 Å². The molecule has 1 aromatic carbocycles. The van der Waals surface area contributed by atoms with Gasteiger partial charge < -0.3 is 10.0 Å². The molecule has 1 amide bonds. The van der Waals surface area contributed by atoms with Crippen molar-refractivity contribution < 1.29 is 9.90 Å². The molecule has 1 N–H and O–H groups in total. The molecular formula is C20H24N2O2. The van der Waals surface area contributed by atoms with E-state index in [2.05, 4.69) is 4.98 Å². The predicted molar refractivity (Wildman–Crippen MR) is 94.8 cm³/mol. The number of pyridine rings is 1. The van der Waals surface area contributed by atoms with Gasteiger partial charge in [-0.25, -0.2) is 0 Å². The summed E-state index contributed by atoms with van der Waals surface area (Å²) in [4.78, 5) is 19.0. The molecule has 2 heterocycles. The second-order valence-corrected chi connectivity index (χ2v) is 6.66. The second kappa shape index (κ2) is 6.73. The number of amides is 1. The van der Waals surface area contributed by atoms with Gasteiger partial charge in [0, 0.05) is 31.0 Å². The third kappa shape index (κ3) is 3.34. The monoisotopic (exact) mass is 324 g/mol. The molecule has 0 spiro atoms. The number of hydrogen-bond donors (Lipinski definition) is 1. The van der Waals surface area contributed by atoms with E-state index in [1.54, 1.807) is 12.4 Å². The zero-order chi connectivity index (χ0) is 17.2. The Labute approximate surface area is 143 Å². The molecule has 0 unspecified atom stereocenters. The number of rotatable bonds is 3. The number of aromatic nitrogens is 1. The third-order valence-corrected chi connectivity index (χ3v) is 5.04. The first-order chi connectivity index (χ1) is 11.5. The first-order valence-corrected chi connectivity index (χ1v) is 8.55. The highest BCUT2D eigenvalue weighted by Gasteiger charge is 2.33. The molecule has 4 nitrogen and oxygen atoms in total. The molecule has 1 saturated heterocycles. The van der Waals surface area contributed by atoms with Crippen molar-refractivity contribution in [2.24, 2.45) is 0 Å². The van der Waals surface area contributed by atoms with Crippen molar-refractivity contribution in [1.29, 1.82) is 0 Å². The Morgan fingerprint density at radius 1 is 1.21 bits per heavy atom. The van der Waals surface area contributed by atoms with Crippen LogP contribution in [0.15, 0.2) is 42.7 Å². The quantitative estimate of drug-likeness (QED) is 0.941. The number of hydrogen-bond acceptors (Lipinski definition) is 3. The molecule has 1 fully saturated rings. The Kier molecular flexibility index (Phi) is 4.67. The zero-order valence-corrected chi connectivity index (χ0v) is 14.3. The highest BCUT2D eigenvalue weighted by molar-refractivity contribution is 6.01. The minimum Gasteiger partial charge on any atom is -0.390 e. The van der Waals surface area contributed by atoms with E-state index in [4.69, 9.17) is 0 Å². The molecule has 0 atom stereocenters. The molecule has 3 rings (SSSR count). The summed E-state index contributed by atoms with van der Waals surface area (Å²) >= 11 is 0. The number of piperidine rings is 1. The summed E-state index contributed by atoms with van der Waals surface area (Å²) in [6.07, 6.45) is 5.51. The molecule has 1 aliphatic rings. The Bertz CT molecular complexity index is 720. The van der Waals surface area contributed by atoms with Gasteiger partial charge in [-0.2, -0.15) is 0 Å². The summed E-state index contributed by atoms with van der Waals surface area (Å²) < 4.78 is 0. The van der Waals surface area contributed by atoms with Crippen molar-refractivity contribution in [1.82, 2.24) is 9.88 Å². The molecule has 0 saturated carbocycles. The maximum absolute atomic E-state index is 13.1. The van der Waals surface area contributed by atoms with Crippen LogP contribution in [0, 0.1) is 6.92 Å². The van der Waals surface area contributed by atoms with Crippen LogP contribution in [0.3, 0.4) is 0 Å². The highest BCUT2D eigenvalue weighted by Crippen LogP contribution is 2.29. The lowest BCUT2D eigenvalue weighted by atomic mass is 9.88. The SMILES string of the molecule is CCC1(O)CCN(C(=O)c2cc(C)ccc2-c2ccncc2)CC1. The van der Waals surface area contributed by atoms with Gasteiger partial charge in [-0.15, -0.1) is 0 Å². The standard InChI is InChI=1S/C20H24N2O2/c1-3-20(24)8-12-22(13-9-20)19(23)18-14-15(2)4-5-17(18)16-6-10-21-11-7-16/h4-7,10-11,14,24H,3,8-9,12-13H2,1-2H3. The fourth-order valence-corrected chi connectivity index (χ4v) is 3.27. The van der Waals surface area contributed by atoms with Gasteiger partial charge in [-0.3, -0.25) is 9.78 Å². The zero-order valence-electron chi connectivity index (χ0n) is 14.3. The molecular weight excluding hydrogens is 300 g/mol. The first kappa shape index (κ1) is 16.7. The van der Waals surface area contributed by atoms with Gasteiger partial charge in [0.15, 0.2) is 0 Å². The molecule has 0 radical (unpaired) electrons. The van der Waals surface area contributed by atoms with Gasteiger partial charge in [0.1, 0.15) is 0 Å². The molecule has 4 heteroatoms. The fourth-order valence-electron chi connectivity index (χ4n) is 3.27.